The Morgan fingerprint density at radius 2 is 2.05 bits per heavy atom. The Kier molecular flexibility index (Phi) is 5.80. The lowest BCUT2D eigenvalue weighted by Crippen LogP contribution is -2.46. The number of benzene rings is 1. The van der Waals surface area contributed by atoms with Crippen LogP contribution in [0.1, 0.15) is 25.3 Å². The van der Waals surface area contributed by atoms with Crippen molar-refractivity contribution in [3.05, 3.63) is 35.9 Å². The Balaban J connectivity index is 2.01. The van der Waals surface area contributed by atoms with Crippen LogP contribution in [-0.2, 0) is 5.41 Å². The first-order valence-corrected chi connectivity index (χ1v) is 8.14. The zero-order chi connectivity index (χ0) is 15.3. The van der Waals surface area contributed by atoms with Gasteiger partial charge in [-0.3, -0.25) is 0 Å². The topological polar surface area (TPSA) is 18.5 Å². The fourth-order valence-corrected chi connectivity index (χ4v) is 3.71. The Morgan fingerprint density at radius 1 is 1.33 bits per heavy atom. The van der Waals surface area contributed by atoms with Gasteiger partial charge in [0, 0.05) is 31.1 Å². The molecular weight excluding hydrogens is 258 g/mol. The standard InChI is InChI=1S/C18H31N3/c1-18(14-19-2,16-9-6-5-7-10-16)15-20(3)13-17-11-8-12-21(17)4/h5-7,9-10,17,19H,8,11-15H2,1-4H3. The molecule has 118 valence electrons. The fourth-order valence-electron chi connectivity index (χ4n) is 3.71. The third kappa shape index (κ3) is 4.29. The average molecular weight is 289 g/mol. The van der Waals surface area contributed by atoms with Gasteiger partial charge in [-0.2, -0.15) is 0 Å². The second-order valence-electron chi connectivity index (χ2n) is 6.93. The largest absolute Gasteiger partial charge is 0.319 e. The Morgan fingerprint density at radius 3 is 2.62 bits per heavy atom. The van der Waals surface area contributed by atoms with Gasteiger partial charge in [0.1, 0.15) is 0 Å². The van der Waals surface area contributed by atoms with Gasteiger partial charge < -0.3 is 15.1 Å². The van der Waals surface area contributed by atoms with Crippen molar-refractivity contribution in [1.29, 1.82) is 0 Å². The monoisotopic (exact) mass is 289 g/mol. The summed E-state index contributed by atoms with van der Waals surface area (Å²) >= 11 is 0. The molecule has 0 bridgehead atoms. The van der Waals surface area contributed by atoms with Gasteiger partial charge in [0.05, 0.1) is 0 Å². The van der Waals surface area contributed by atoms with E-state index in [1.807, 2.05) is 7.05 Å². The lowest BCUT2D eigenvalue weighted by atomic mass is 9.81. The number of nitrogens with zero attached hydrogens (tertiary/aromatic N) is 2. The molecule has 1 aliphatic rings. The van der Waals surface area contributed by atoms with Crippen LogP contribution in [-0.4, -0.2) is 63.2 Å². The molecule has 1 aromatic carbocycles. The summed E-state index contributed by atoms with van der Waals surface area (Å²) in [5.74, 6) is 0. The molecule has 0 saturated carbocycles. The highest BCUT2D eigenvalue weighted by Gasteiger charge is 2.29. The van der Waals surface area contributed by atoms with Crippen LogP contribution < -0.4 is 5.32 Å². The van der Waals surface area contributed by atoms with Gasteiger partial charge in [0.2, 0.25) is 0 Å². The molecule has 1 saturated heterocycles. The van der Waals surface area contributed by atoms with E-state index in [9.17, 15) is 0 Å². The first-order chi connectivity index (χ1) is 10.0. The number of hydrogen-bond donors (Lipinski definition) is 1. The third-order valence-corrected chi connectivity index (χ3v) is 4.85. The smallest absolute Gasteiger partial charge is 0.0220 e. The van der Waals surface area contributed by atoms with Crippen LogP contribution in [0.5, 0.6) is 0 Å². The van der Waals surface area contributed by atoms with Crippen LogP contribution in [0.25, 0.3) is 0 Å². The maximum atomic E-state index is 3.38. The minimum atomic E-state index is 0.155. The van der Waals surface area contributed by atoms with Crippen LogP contribution in [0.4, 0.5) is 0 Å². The quantitative estimate of drug-likeness (QED) is 0.830. The molecule has 0 radical (unpaired) electrons. The van der Waals surface area contributed by atoms with E-state index in [0.29, 0.717) is 0 Å². The van der Waals surface area contributed by atoms with E-state index in [2.05, 4.69) is 66.5 Å². The summed E-state index contributed by atoms with van der Waals surface area (Å²) in [6, 6.07) is 11.6. The SMILES string of the molecule is CNCC(C)(CN(C)CC1CCCN1C)c1ccccc1. The molecule has 0 amide bonds. The molecular formula is C18H31N3. The van der Waals surface area contributed by atoms with E-state index in [1.165, 1.54) is 31.5 Å². The van der Waals surface area contributed by atoms with Crippen molar-refractivity contribution in [3.8, 4) is 0 Å². The molecule has 1 N–H and O–H groups in total. The number of likely N-dealkylation sites (tertiary alicyclic amines) is 1. The van der Waals surface area contributed by atoms with Crippen LogP contribution >= 0.6 is 0 Å². The lowest BCUT2D eigenvalue weighted by molar-refractivity contribution is 0.189. The molecule has 2 rings (SSSR count). The van der Waals surface area contributed by atoms with Gasteiger partial charge in [0.25, 0.3) is 0 Å². The van der Waals surface area contributed by atoms with Crippen molar-refractivity contribution in [3.63, 3.8) is 0 Å². The molecule has 21 heavy (non-hydrogen) atoms. The molecule has 0 aromatic heterocycles. The van der Waals surface area contributed by atoms with Gasteiger partial charge in [-0.1, -0.05) is 37.3 Å². The molecule has 1 heterocycles. The molecule has 1 aromatic rings. The summed E-state index contributed by atoms with van der Waals surface area (Å²) in [7, 11) is 6.57. The molecule has 2 atom stereocenters. The highest BCUT2D eigenvalue weighted by molar-refractivity contribution is 5.25. The Labute approximate surface area is 130 Å². The molecule has 0 spiro atoms. The second-order valence-corrected chi connectivity index (χ2v) is 6.93. The third-order valence-electron chi connectivity index (χ3n) is 4.85. The minimum Gasteiger partial charge on any atom is -0.319 e. The minimum absolute atomic E-state index is 0.155. The molecule has 3 heteroatoms. The number of nitrogens with one attached hydrogen (secondary N) is 1. The first-order valence-electron chi connectivity index (χ1n) is 8.14. The van der Waals surface area contributed by atoms with Crippen molar-refractivity contribution in [2.75, 3.05) is 47.3 Å². The van der Waals surface area contributed by atoms with Crippen LogP contribution in [0.15, 0.2) is 30.3 Å². The van der Waals surface area contributed by atoms with Gasteiger partial charge in [0.15, 0.2) is 0 Å². The van der Waals surface area contributed by atoms with E-state index >= 15 is 0 Å². The van der Waals surface area contributed by atoms with Crippen molar-refractivity contribution >= 4 is 0 Å². The predicted octanol–water partition coefficient (Wildman–Crippen LogP) is 2.19. The number of likely N-dealkylation sites (N-methyl/N-ethyl adjacent to an activating group) is 3. The lowest BCUT2D eigenvalue weighted by Gasteiger charge is -2.36. The van der Waals surface area contributed by atoms with Crippen molar-refractivity contribution in [2.45, 2.75) is 31.2 Å². The summed E-state index contributed by atoms with van der Waals surface area (Å²) in [6.45, 7) is 6.88. The highest BCUT2D eigenvalue weighted by Crippen LogP contribution is 2.25. The highest BCUT2D eigenvalue weighted by atomic mass is 15.2. The molecule has 2 unspecified atom stereocenters. The second kappa shape index (κ2) is 7.39. The van der Waals surface area contributed by atoms with E-state index < -0.39 is 0 Å². The maximum absolute atomic E-state index is 3.38. The molecule has 1 aliphatic heterocycles. The fraction of sp³-hybridized carbons (Fsp3) is 0.667. The Bertz CT molecular complexity index is 420. The summed E-state index contributed by atoms with van der Waals surface area (Å²) in [6.07, 6.45) is 2.69. The van der Waals surface area contributed by atoms with Gasteiger partial charge >= 0.3 is 0 Å². The van der Waals surface area contributed by atoms with E-state index in [1.54, 1.807) is 0 Å². The van der Waals surface area contributed by atoms with Crippen LogP contribution in [0.3, 0.4) is 0 Å². The number of rotatable bonds is 7. The van der Waals surface area contributed by atoms with Crippen LogP contribution in [0, 0.1) is 0 Å². The normalized spacial score (nSPS) is 22.6. The Hall–Kier alpha value is -0.900. The number of hydrogen-bond acceptors (Lipinski definition) is 3. The summed E-state index contributed by atoms with van der Waals surface area (Å²) in [5, 5.41) is 3.38. The molecule has 1 fully saturated rings. The zero-order valence-electron chi connectivity index (χ0n) is 14.1. The van der Waals surface area contributed by atoms with E-state index in [4.69, 9.17) is 0 Å². The summed E-state index contributed by atoms with van der Waals surface area (Å²) in [4.78, 5) is 5.02. The van der Waals surface area contributed by atoms with E-state index in [-0.39, 0.29) is 5.41 Å². The van der Waals surface area contributed by atoms with Gasteiger partial charge in [-0.25, -0.2) is 0 Å². The van der Waals surface area contributed by atoms with Crippen molar-refractivity contribution in [1.82, 2.24) is 15.1 Å². The average Bonchev–Trinajstić information content (AvgIpc) is 2.85. The summed E-state index contributed by atoms with van der Waals surface area (Å²) < 4.78 is 0. The molecule has 3 nitrogen and oxygen atoms in total. The maximum Gasteiger partial charge on any atom is 0.0220 e. The van der Waals surface area contributed by atoms with Gasteiger partial charge in [-0.05, 0) is 46.1 Å². The zero-order valence-corrected chi connectivity index (χ0v) is 14.1. The first kappa shape index (κ1) is 16.5. The van der Waals surface area contributed by atoms with Gasteiger partial charge in [-0.15, -0.1) is 0 Å². The predicted molar refractivity (Wildman–Crippen MR) is 90.9 cm³/mol. The van der Waals surface area contributed by atoms with Crippen molar-refractivity contribution in [2.24, 2.45) is 0 Å². The van der Waals surface area contributed by atoms with E-state index in [0.717, 1.165) is 19.1 Å². The van der Waals surface area contributed by atoms with Crippen molar-refractivity contribution < 1.29 is 0 Å². The molecule has 0 aliphatic carbocycles. The summed E-state index contributed by atoms with van der Waals surface area (Å²) in [5.41, 5.74) is 1.58. The van der Waals surface area contributed by atoms with Crippen LogP contribution in [0.2, 0.25) is 0 Å².